The van der Waals surface area contributed by atoms with Gasteiger partial charge in [-0.3, -0.25) is 9.59 Å². The lowest BCUT2D eigenvalue weighted by atomic mass is 9.43. The lowest BCUT2D eigenvalue weighted by molar-refractivity contribution is -0.227. The van der Waals surface area contributed by atoms with E-state index in [9.17, 15) is 14.7 Å². The summed E-state index contributed by atoms with van der Waals surface area (Å²) in [6, 6.07) is 0. The first-order valence-electron chi connectivity index (χ1n) is 15.2. The number of amides is 1. The van der Waals surface area contributed by atoms with Gasteiger partial charge in [0.1, 0.15) is 11.8 Å². The van der Waals surface area contributed by atoms with Crippen LogP contribution in [0.4, 0.5) is 0 Å². The highest BCUT2D eigenvalue weighted by atomic mass is 16.5. The molecule has 0 aromatic carbocycles. The summed E-state index contributed by atoms with van der Waals surface area (Å²) in [6.07, 6.45) is 9.84. The third-order valence-corrected chi connectivity index (χ3v) is 13.1. The van der Waals surface area contributed by atoms with Crippen LogP contribution in [0.3, 0.4) is 0 Å². The van der Waals surface area contributed by atoms with Crippen molar-refractivity contribution in [3.63, 3.8) is 0 Å². The highest BCUT2D eigenvalue weighted by Gasteiger charge is 2.71. The molecule has 1 N–H and O–H groups in total. The van der Waals surface area contributed by atoms with Crippen molar-refractivity contribution in [1.29, 1.82) is 0 Å². The Morgan fingerprint density at radius 3 is 2.43 bits per heavy atom. The molecule has 208 valence electrons. The summed E-state index contributed by atoms with van der Waals surface area (Å²) in [5.41, 5.74) is -1.07. The third kappa shape index (κ3) is 3.49. The lowest BCUT2D eigenvalue weighted by Gasteiger charge is -2.64. The Bertz CT molecular complexity index is 969. The average Bonchev–Trinajstić information content (AvgIpc) is 3.26. The summed E-state index contributed by atoms with van der Waals surface area (Å²) in [7, 11) is 0. The van der Waals surface area contributed by atoms with Gasteiger partial charge in [-0.05, 0) is 98.2 Å². The van der Waals surface area contributed by atoms with Crippen LogP contribution in [0.15, 0.2) is 0 Å². The van der Waals surface area contributed by atoms with Crippen molar-refractivity contribution >= 4 is 11.9 Å². The second kappa shape index (κ2) is 8.43. The molecule has 1 amide bonds. The van der Waals surface area contributed by atoms with Crippen molar-refractivity contribution in [3.05, 3.63) is 0 Å². The van der Waals surface area contributed by atoms with Crippen molar-refractivity contribution < 1.29 is 24.2 Å². The average molecular weight is 516 g/mol. The number of fused-ring (bicyclic) bond motifs is 7. The topological polar surface area (TPSA) is 76.1 Å². The zero-order valence-corrected chi connectivity index (χ0v) is 23.9. The monoisotopic (exact) mass is 515 g/mol. The minimum absolute atomic E-state index is 0.121. The number of ether oxygens (including phenoxy) is 2. The quantitative estimate of drug-likeness (QED) is 0.479. The molecule has 6 aliphatic rings. The van der Waals surface area contributed by atoms with Crippen LogP contribution in [0.2, 0.25) is 0 Å². The van der Waals surface area contributed by atoms with Crippen molar-refractivity contribution in [2.45, 2.75) is 129 Å². The van der Waals surface area contributed by atoms with Crippen molar-refractivity contribution in [2.75, 3.05) is 6.54 Å². The van der Waals surface area contributed by atoms with Crippen LogP contribution in [0, 0.1) is 46.3 Å². The molecule has 4 aliphatic carbocycles. The summed E-state index contributed by atoms with van der Waals surface area (Å²) in [5, 5.41) is 12.0. The Morgan fingerprint density at radius 2 is 1.73 bits per heavy atom. The molecule has 0 unspecified atom stereocenters. The third-order valence-electron chi connectivity index (χ3n) is 13.1. The van der Waals surface area contributed by atoms with Gasteiger partial charge in [-0.15, -0.1) is 0 Å². The molecular weight excluding hydrogens is 466 g/mol. The highest BCUT2D eigenvalue weighted by molar-refractivity contribution is 5.74. The van der Waals surface area contributed by atoms with Crippen LogP contribution in [0.25, 0.3) is 0 Å². The summed E-state index contributed by atoms with van der Waals surface area (Å²) in [4.78, 5) is 26.5. The Kier molecular flexibility index (Phi) is 5.95. The minimum Gasteiger partial charge on any atom is -0.462 e. The SMILES string of the molecule is CC(=O)O[C@H]1CC[C@]2(C)[C@H]3CC[C@]4(C)[C@@H]5[C@H](C[C@H]4[C@@H]3CC[C@@]2(O)C1)O[C@]1(CC[C@@H](C)CN1C(C)=O)[C@H]5C. The number of esters is 1. The fourth-order valence-electron chi connectivity index (χ4n) is 11.4. The number of hydrogen-bond acceptors (Lipinski definition) is 5. The van der Waals surface area contributed by atoms with Crippen molar-refractivity contribution in [3.8, 4) is 0 Å². The normalized spacial score (nSPS) is 54.7. The summed E-state index contributed by atoms with van der Waals surface area (Å²) < 4.78 is 12.7. The molecule has 6 fully saturated rings. The number of carbonyl (C=O) groups is 2. The van der Waals surface area contributed by atoms with Gasteiger partial charge in [0.2, 0.25) is 5.91 Å². The molecule has 4 saturated carbocycles. The molecule has 2 aliphatic heterocycles. The maximum absolute atomic E-state index is 12.8. The fraction of sp³-hybridized carbons (Fsp3) is 0.935. The predicted molar refractivity (Wildman–Crippen MR) is 140 cm³/mol. The van der Waals surface area contributed by atoms with E-state index in [-0.39, 0.29) is 34.9 Å². The maximum atomic E-state index is 12.8. The molecule has 0 aromatic rings. The number of rotatable bonds is 1. The number of carbonyl (C=O) groups excluding carboxylic acids is 2. The van der Waals surface area contributed by atoms with Gasteiger partial charge in [-0.1, -0.05) is 27.7 Å². The summed E-state index contributed by atoms with van der Waals surface area (Å²) in [5.74, 6) is 3.02. The van der Waals surface area contributed by atoms with Gasteiger partial charge in [-0.2, -0.15) is 0 Å². The Labute approximate surface area is 223 Å². The zero-order chi connectivity index (χ0) is 26.5. The Balaban J connectivity index is 1.25. The van der Waals surface area contributed by atoms with Crippen molar-refractivity contribution in [2.24, 2.45) is 46.3 Å². The number of aliphatic hydroxyl groups is 1. The number of hydrogen-bond donors (Lipinski definition) is 1. The van der Waals surface area contributed by atoms with Crippen LogP contribution in [0.5, 0.6) is 0 Å². The summed E-state index contributed by atoms with van der Waals surface area (Å²) >= 11 is 0. The first kappa shape index (κ1) is 26.1. The van der Waals surface area contributed by atoms with E-state index in [1.165, 1.54) is 13.3 Å². The van der Waals surface area contributed by atoms with Crippen LogP contribution >= 0.6 is 0 Å². The van der Waals surface area contributed by atoms with Crippen LogP contribution in [-0.2, 0) is 19.1 Å². The van der Waals surface area contributed by atoms with E-state index in [0.717, 1.165) is 57.9 Å². The largest absolute Gasteiger partial charge is 0.462 e. The van der Waals surface area contributed by atoms with Gasteiger partial charge >= 0.3 is 5.97 Å². The molecule has 0 aromatic heterocycles. The van der Waals surface area contributed by atoms with E-state index >= 15 is 0 Å². The second-order valence-corrected chi connectivity index (χ2v) is 14.7. The number of nitrogens with zero attached hydrogens (tertiary/aromatic N) is 1. The maximum Gasteiger partial charge on any atom is 0.302 e. The van der Waals surface area contributed by atoms with Crippen LogP contribution in [0.1, 0.15) is 106 Å². The summed E-state index contributed by atoms with van der Waals surface area (Å²) in [6.45, 7) is 13.5. The van der Waals surface area contributed by atoms with E-state index in [4.69, 9.17) is 9.47 Å². The van der Waals surface area contributed by atoms with Crippen LogP contribution < -0.4 is 0 Å². The van der Waals surface area contributed by atoms with Gasteiger partial charge in [-0.25, -0.2) is 0 Å². The number of likely N-dealkylation sites (tertiary alicyclic amines) is 1. The Morgan fingerprint density at radius 1 is 0.973 bits per heavy atom. The van der Waals surface area contributed by atoms with E-state index in [1.54, 1.807) is 6.92 Å². The van der Waals surface area contributed by atoms with Crippen LogP contribution in [-0.4, -0.2) is 52.0 Å². The van der Waals surface area contributed by atoms with Crippen molar-refractivity contribution in [1.82, 2.24) is 4.90 Å². The molecule has 6 rings (SSSR count). The smallest absolute Gasteiger partial charge is 0.302 e. The molecular formula is C31H49NO5. The van der Waals surface area contributed by atoms with Gasteiger partial charge in [0.15, 0.2) is 0 Å². The Hall–Kier alpha value is -1.14. The fourth-order valence-corrected chi connectivity index (χ4v) is 11.4. The molecule has 37 heavy (non-hydrogen) atoms. The molecule has 6 nitrogen and oxygen atoms in total. The molecule has 2 saturated heterocycles. The highest BCUT2D eigenvalue weighted by Crippen LogP contribution is 2.72. The van der Waals surface area contributed by atoms with Gasteiger partial charge in [0, 0.05) is 32.7 Å². The molecule has 0 radical (unpaired) electrons. The molecule has 6 heteroatoms. The standard InChI is InChI=1S/C31H49NO5/c1-18-7-14-31(32(17-18)20(3)33)19(2)27-26(37-31)15-25-23-9-13-30(35)16-22(36-21(4)34)8-12-29(30,6)24(23)10-11-28(25,27)5/h18-19,22-27,35H,7-17H2,1-6H3/t18-,19+,22+,23-,24+,25+,26+,27+,28+,29-,30-,31-/m1/s1. The first-order valence-corrected chi connectivity index (χ1v) is 15.2. The minimum atomic E-state index is -0.747. The molecule has 0 bridgehead atoms. The van der Waals surface area contributed by atoms with Gasteiger partial charge in [0.25, 0.3) is 0 Å². The molecule has 2 heterocycles. The predicted octanol–water partition coefficient (Wildman–Crippen LogP) is 5.31. The van der Waals surface area contributed by atoms with Gasteiger partial charge in [0.05, 0.1) is 11.7 Å². The first-order chi connectivity index (χ1) is 17.3. The zero-order valence-electron chi connectivity index (χ0n) is 23.9. The van der Waals surface area contributed by atoms with E-state index < -0.39 is 11.3 Å². The van der Waals surface area contributed by atoms with E-state index in [2.05, 4.69) is 32.6 Å². The van der Waals surface area contributed by atoms with E-state index in [1.807, 2.05) is 0 Å². The molecule has 12 atom stereocenters. The number of piperidine rings is 1. The van der Waals surface area contributed by atoms with E-state index in [0.29, 0.717) is 41.9 Å². The molecule has 1 spiro atoms. The second-order valence-electron chi connectivity index (χ2n) is 14.7. The lowest BCUT2D eigenvalue weighted by Crippen LogP contribution is -2.63. The van der Waals surface area contributed by atoms with Gasteiger partial charge < -0.3 is 19.5 Å².